The molecule has 7 heteroatoms. The van der Waals surface area contributed by atoms with Crippen LogP contribution in [0.2, 0.25) is 0 Å². The second kappa shape index (κ2) is 5.18. The second-order valence-electron chi connectivity index (χ2n) is 5.07. The van der Waals surface area contributed by atoms with Gasteiger partial charge in [0.2, 0.25) is 17.6 Å². The Balaban J connectivity index is 2.20. The number of hydrogen-bond donors (Lipinski definition) is 1. The molecule has 1 atom stereocenters. The molecule has 1 unspecified atom stereocenters. The van der Waals surface area contributed by atoms with Crippen molar-refractivity contribution in [2.75, 3.05) is 0 Å². The van der Waals surface area contributed by atoms with Crippen LogP contribution in [0.25, 0.3) is 10.8 Å². The molecule has 0 aliphatic carbocycles. The number of nitrogens with zero attached hydrogens (tertiary/aromatic N) is 1. The quantitative estimate of drug-likeness (QED) is 0.399. The smallest absolute Gasteiger partial charge is 0.249 e. The number of hydrogen-bond acceptors (Lipinski definition) is 4. The molecule has 1 N–H and O–H groups in total. The molecule has 3 rings (SSSR count). The summed E-state index contributed by atoms with van der Waals surface area (Å²) in [7, 11) is 0. The van der Waals surface area contributed by atoms with Gasteiger partial charge in [-0.1, -0.05) is 0 Å². The highest BCUT2D eigenvalue weighted by Gasteiger charge is 2.31. The van der Waals surface area contributed by atoms with Gasteiger partial charge in [-0.25, -0.2) is 4.39 Å². The van der Waals surface area contributed by atoms with Gasteiger partial charge in [0, 0.05) is 23.4 Å². The monoisotopic (exact) mass is 302 g/mol. The zero-order valence-electron chi connectivity index (χ0n) is 11.3. The summed E-state index contributed by atoms with van der Waals surface area (Å²) in [6, 6.07) is 3.06. The normalized spacial score (nSPS) is 18.3. The number of Topliss-reactive ketones (excluding diaryl/α,β-unsaturated/α-hetero) is 1. The number of rotatable bonds is 3. The van der Waals surface area contributed by atoms with Crippen LogP contribution in [0.3, 0.4) is 0 Å². The first-order valence-corrected chi connectivity index (χ1v) is 6.64. The number of imide groups is 1. The number of halogens is 1. The number of amides is 2. The number of piperidine rings is 1. The summed E-state index contributed by atoms with van der Waals surface area (Å²) < 4.78 is 14.8. The molecule has 1 aliphatic heterocycles. The number of nitrogens with one attached hydrogen (secondary N) is 1. The Labute approximate surface area is 123 Å². The molecule has 1 fully saturated rings. The minimum atomic E-state index is -0.842. The van der Waals surface area contributed by atoms with E-state index in [1.54, 1.807) is 0 Å². The lowest BCUT2D eigenvalue weighted by Gasteiger charge is -2.23. The number of fused-ring (bicyclic) bond motifs is 1. The standard InChI is InChI=1S/C15H11FN2O4/c16-9-2-1-8-6-18(11-3-4-13(21)17-15(11)22)14(10(8)5-9)12(20)7-19/h1-2,5-7,11H,3-4H2,(H,17,21,22). The van der Waals surface area contributed by atoms with Crippen LogP contribution in [-0.4, -0.2) is 28.5 Å². The van der Waals surface area contributed by atoms with Crippen LogP contribution >= 0.6 is 0 Å². The van der Waals surface area contributed by atoms with Crippen molar-refractivity contribution in [1.82, 2.24) is 9.88 Å². The SMILES string of the molecule is O=CC(=O)c1c2cc(F)ccc2cn1C1CCC(=O)NC1=O. The number of aromatic nitrogens is 1. The van der Waals surface area contributed by atoms with Crippen LogP contribution in [0.1, 0.15) is 29.4 Å². The summed E-state index contributed by atoms with van der Waals surface area (Å²) in [5, 5.41) is 3.00. The number of ketones is 1. The highest BCUT2D eigenvalue weighted by Crippen LogP contribution is 2.29. The zero-order valence-corrected chi connectivity index (χ0v) is 11.3. The summed E-state index contributed by atoms with van der Waals surface area (Å²) >= 11 is 0. The van der Waals surface area contributed by atoms with E-state index in [2.05, 4.69) is 5.32 Å². The molecule has 1 aromatic carbocycles. The average molecular weight is 302 g/mol. The van der Waals surface area contributed by atoms with E-state index in [9.17, 15) is 23.6 Å². The van der Waals surface area contributed by atoms with E-state index in [0.717, 1.165) is 6.07 Å². The molecule has 22 heavy (non-hydrogen) atoms. The van der Waals surface area contributed by atoms with E-state index in [1.165, 1.54) is 22.9 Å². The molecular formula is C15H11FN2O4. The molecule has 1 saturated heterocycles. The number of carbonyl (C=O) groups excluding carboxylic acids is 4. The first-order valence-electron chi connectivity index (χ1n) is 6.64. The summed E-state index contributed by atoms with van der Waals surface area (Å²) in [5.41, 5.74) is -0.0426. The maximum Gasteiger partial charge on any atom is 0.249 e. The first-order chi connectivity index (χ1) is 10.5. The lowest BCUT2D eigenvalue weighted by molar-refractivity contribution is -0.135. The highest BCUT2D eigenvalue weighted by molar-refractivity contribution is 6.36. The summed E-state index contributed by atoms with van der Waals surface area (Å²) in [6.45, 7) is 0. The van der Waals surface area contributed by atoms with Gasteiger partial charge >= 0.3 is 0 Å². The molecular weight excluding hydrogens is 291 g/mol. The predicted molar refractivity (Wildman–Crippen MR) is 73.7 cm³/mol. The van der Waals surface area contributed by atoms with Gasteiger partial charge in [-0.2, -0.15) is 0 Å². The van der Waals surface area contributed by atoms with Crippen LogP contribution < -0.4 is 5.32 Å². The Morgan fingerprint density at radius 3 is 2.82 bits per heavy atom. The van der Waals surface area contributed by atoms with E-state index in [4.69, 9.17) is 0 Å². The Morgan fingerprint density at radius 1 is 1.36 bits per heavy atom. The fourth-order valence-corrected chi connectivity index (χ4v) is 2.71. The van der Waals surface area contributed by atoms with Gasteiger partial charge in [0.05, 0.1) is 0 Å². The van der Waals surface area contributed by atoms with Gasteiger partial charge in [-0.3, -0.25) is 24.5 Å². The summed E-state index contributed by atoms with van der Waals surface area (Å²) in [5.74, 6) is -2.32. The molecule has 1 aliphatic rings. The van der Waals surface area contributed by atoms with Crippen LogP contribution in [0.4, 0.5) is 4.39 Å². The lowest BCUT2D eigenvalue weighted by atomic mass is 10.1. The largest absolute Gasteiger partial charge is 0.331 e. The molecule has 0 spiro atoms. The van der Waals surface area contributed by atoms with Gasteiger partial charge in [-0.05, 0) is 24.6 Å². The molecule has 1 aromatic heterocycles. The van der Waals surface area contributed by atoms with Crippen molar-refractivity contribution < 1.29 is 23.6 Å². The molecule has 0 radical (unpaired) electrons. The number of benzene rings is 1. The van der Waals surface area contributed by atoms with Gasteiger partial charge in [0.25, 0.3) is 0 Å². The van der Waals surface area contributed by atoms with E-state index < -0.39 is 23.5 Å². The van der Waals surface area contributed by atoms with E-state index in [-0.39, 0.29) is 36.1 Å². The second-order valence-corrected chi connectivity index (χ2v) is 5.07. The van der Waals surface area contributed by atoms with Crippen molar-refractivity contribution in [3.63, 3.8) is 0 Å². The molecule has 0 saturated carbocycles. The van der Waals surface area contributed by atoms with E-state index in [1.807, 2.05) is 0 Å². The third-order valence-corrected chi connectivity index (χ3v) is 3.69. The van der Waals surface area contributed by atoms with Crippen molar-refractivity contribution in [3.05, 3.63) is 35.9 Å². The average Bonchev–Trinajstić information content (AvgIpc) is 2.84. The zero-order chi connectivity index (χ0) is 15.9. The fraction of sp³-hybridized carbons (Fsp3) is 0.200. The first kappa shape index (κ1) is 14.1. The molecule has 2 amide bonds. The molecule has 2 heterocycles. The number of aldehydes is 1. The third kappa shape index (κ3) is 2.20. The highest BCUT2D eigenvalue weighted by atomic mass is 19.1. The molecule has 112 valence electrons. The Kier molecular flexibility index (Phi) is 3.32. The minimum absolute atomic E-state index is 0.0426. The van der Waals surface area contributed by atoms with Crippen LogP contribution in [0, 0.1) is 5.82 Å². The topological polar surface area (TPSA) is 85.2 Å². The predicted octanol–water partition coefficient (Wildman–Crippen LogP) is 1.14. The van der Waals surface area contributed by atoms with Crippen LogP contribution in [-0.2, 0) is 14.4 Å². The van der Waals surface area contributed by atoms with E-state index >= 15 is 0 Å². The maximum atomic E-state index is 13.4. The Bertz CT molecular complexity index is 824. The van der Waals surface area contributed by atoms with Gasteiger partial charge in [0.15, 0.2) is 6.29 Å². The molecule has 6 nitrogen and oxygen atoms in total. The number of carbonyl (C=O) groups is 4. The Morgan fingerprint density at radius 2 is 2.14 bits per heavy atom. The Hall–Kier alpha value is -2.83. The van der Waals surface area contributed by atoms with Crippen LogP contribution in [0.5, 0.6) is 0 Å². The van der Waals surface area contributed by atoms with Crippen molar-refractivity contribution in [1.29, 1.82) is 0 Å². The molecule has 0 bridgehead atoms. The van der Waals surface area contributed by atoms with E-state index in [0.29, 0.717) is 5.39 Å². The van der Waals surface area contributed by atoms with Crippen molar-refractivity contribution >= 4 is 34.7 Å². The maximum absolute atomic E-state index is 13.4. The van der Waals surface area contributed by atoms with Crippen LogP contribution in [0.15, 0.2) is 24.4 Å². The van der Waals surface area contributed by atoms with Gasteiger partial charge < -0.3 is 4.57 Å². The van der Waals surface area contributed by atoms with Gasteiger partial charge in [0.1, 0.15) is 17.6 Å². The molecule has 2 aromatic rings. The minimum Gasteiger partial charge on any atom is -0.331 e. The van der Waals surface area contributed by atoms with Crippen molar-refractivity contribution in [2.24, 2.45) is 0 Å². The van der Waals surface area contributed by atoms with Crippen molar-refractivity contribution in [2.45, 2.75) is 18.9 Å². The fourth-order valence-electron chi connectivity index (χ4n) is 2.71. The lowest BCUT2D eigenvalue weighted by Crippen LogP contribution is -2.42. The summed E-state index contributed by atoms with van der Waals surface area (Å²) in [6.07, 6.45) is 1.99. The summed E-state index contributed by atoms with van der Waals surface area (Å²) in [4.78, 5) is 46.0. The third-order valence-electron chi connectivity index (χ3n) is 3.69. The van der Waals surface area contributed by atoms with Gasteiger partial charge in [-0.15, -0.1) is 0 Å². The van der Waals surface area contributed by atoms with Crippen molar-refractivity contribution in [3.8, 4) is 0 Å².